The van der Waals surface area contributed by atoms with Crippen LogP contribution in [-0.2, 0) is 14.3 Å². The SMILES string of the molecule is O=C(CN1CCN(C(=O)C2CCOC2)CC1)N1CCCCC1. The van der Waals surface area contributed by atoms with Gasteiger partial charge in [0.25, 0.3) is 0 Å². The standard InChI is InChI=1S/C16H27N3O3/c20-15(18-5-2-1-3-6-18)12-17-7-9-19(10-8-17)16(21)14-4-11-22-13-14/h14H,1-13H2. The number of nitrogens with zero attached hydrogens (tertiary/aromatic N) is 3. The molecule has 0 N–H and O–H groups in total. The molecule has 2 amide bonds. The number of piperidine rings is 1. The minimum atomic E-state index is 0.0570. The molecule has 0 aromatic heterocycles. The number of carbonyl (C=O) groups excluding carboxylic acids is 2. The average molecular weight is 309 g/mol. The fourth-order valence-electron chi connectivity index (χ4n) is 3.55. The van der Waals surface area contributed by atoms with Crippen LogP contribution in [0.4, 0.5) is 0 Å². The van der Waals surface area contributed by atoms with E-state index in [9.17, 15) is 9.59 Å². The topological polar surface area (TPSA) is 53.1 Å². The van der Waals surface area contributed by atoms with Gasteiger partial charge in [0, 0.05) is 45.9 Å². The molecule has 124 valence electrons. The van der Waals surface area contributed by atoms with Crippen molar-refractivity contribution in [1.29, 1.82) is 0 Å². The van der Waals surface area contributed by atoms with E-state index >= 15 is 0 Å². The van der Waals surface area contributed by atoms with Crippen molar-refractivity contribution >= 4 is 11.8 Å². The molecule has 1 atom stereocenters. The summed E-state index contributed by atoms with van der Waals surface area (Å²) in [6.07, 6.45) is 4.37. The zero-order chi connectivity index (χ0) is 15.4. The van der Waals surface area contributed by atoms with Crippen LogP contribution in [0.1, 0.15) is 25.7 Å². The Kier molecular flexibility index (Phi) is 5.31. The van der Waals surface area contributed by atoms with E-state index in [0.717, 1.165) is 58.5 Å². The van der Waals surface area contributed by atoms with Gasteiger partial charge in [-0.25, -0.2) is 0 Å². The van der Waals surface area contributed by atoms with Crippen LogP contribution >= 0.6 is 0 Å². The number of rotatable bonds is 3. The summed E-state index contributed by atoms with van der Waals surface area (Å²) in [5.41, 5.74) is 0. The second-order valence-corrected chi connectivity index (χ2v) is 6.60. The van der Waals surface area contributed by atoms with Crippen LogP contribution < -0.4 is 0 Å². The van der Waals surface area contributed by atoms with Gasteiger partial charge < -0.3 is 14.5 Å². The molecule has 6 nitrogen and oxygen atoms in total. The summed E-state index contributed by atoms with van der Waals surface area (Å²) in [6, 6.07) is 0. The second-order valence-electron chi connectivity index (χ2n) is 6.60. The highest BCUT2D eigenvalue weighted by Gasteiger charge is 2.30. The quantitative estimate of drug-likeness (QED) is 0.746. The fraction of sp³-hybridized carbons (Fsp3) is 0.875. The first-order valence-corrected chi connectivity index (χ1v) is 8.61. The minimum Gasteiger partial charge on any atom is -0.381 e. The highest BCUT2D eigenvalue weighted by Crippen LogP contribution is 2.17. The summed E-state index contributed by atoms with van der Waals surface area (Å²) < 4.78 is 5.30. The van der Waals surface area contributed by atoms with Gasteiger partial charge >= 0.3 is 0 Å². The molecule has 0 aromatic carbocycles. The summed E-state index contributed by atoms with van der Waals surface area (Å²) in [4.78, 5) is 30.7. The van der Waals surface area contributed by atoms with Crippen LogP contribution in [0.3, 0.4) is 0 Å². The molecular weight excluding hydrogens is 282 g/mol. The molecule has 0 bridgehead atoms. The molecule has 3 aliphatic rings. The fourth-order valence-corrected chi connectivity index (χ4v) is 3.55. The van der Waals surface area contributed by atoms with Crippen LogP contribution in [0.25, 0.3) is 0 Å². The van der Waals surface area contributed by atoms with Gasteiger partial charge in [-0.3, -0.25) is 14.5 Å². The first-order valence-electron chi connectivity index (χ1n) is 8.61. The third kappa shape index (κ3) is 3.79. The molecule has 6 heteroatoms. The lowest BCUT2D eigenvalue weighted by molar-refractivity contribution is -0.138. The Morgan fingerprint density at radius 3 is 2.27 bits per heavy atom. The molecule has 3 fully saturated rings. The predicted molar refractivity (Wildman–Crippen MR) is 82.4 cm³/mol. The van der Waals surface area contributed by atoms with Crippen molar-refractivity contribution in [2.24, 2.45) is 5.92 Å². The van der Waals surface area contributed by atoms with Gasteiger partial charge in [-0.1, -0.05) is 0 Å². The van der Waals surface area contributed by atoms with E-state index in [0.29, 0.717) is 19.8 Å². The molecule has 3 rings (SSSR count). The maximum Gasteiger partial charge on any atom is 0.236 e. The summed E-state index contributed by atoms with van der Waals surface area (Å²) in [5.74, 6) is 0.546. The Morgan fingerprint density at radius 1 is 0.909 bits per heavy atom. The number of hydrogen-bond donors (Lipinski definition) is 0. The molecule has 1 unspecified atom stereocenters. The van der Waals surface area contributed by atoms with E-state index in [2.05, 4.69) is 4.90 Å². The van der Waals surface area contributed by atoms with Crippen molar-refractivity contribution in [2.75, 3.05) is 59.0 Å². The Hall–Kier alpha value is -1.14. The lowest BCUT2D eigenvalue weighted by atomic mass is 10.1. The highest BCUT2D eigenvalue weighted by atomic mass is 16.5. The van der Waals surface area contributed by atoms with Crippen LogP contribution in [0, 0.1) is 5.92 Å². The number of piperazine rings is 1. The Labute approximate surface area is 132 Å². The summed E-state index contributed by atoms with van der Waals surface area (Å²) in [7, 11) is 0. The monoisotopic (exact) mass is 309 g/mol. The largest absolute Gasteiger partial charge is 0.381 e. The number of carbonyl (C=O) groups is 2. The molecule has 22 heavy (non-hydrogen) atoms. The zero-order valence-electron chi connectivity index (χ0n) is 13.3. The van der Waals surface area contributed by atoms with E-state index in [1.54, 1.807) is 0 Å². The number of hydrogen-bond acceptors (Lipinski definition) is 4. The van der Waals surface area contributed by atoms with Gasteiger partial charge in [0.15, 0.2) is 0 Å². The first-order chi connectivity index (χ1) is 10.7. The molecule has 0 aromatic rings. The van der Waals surface area contributed by atoms with E-state index < -0.39 is 0 Å². The maximum atomic E-state index is 12.3. The van der Waals surface area contributed by atoms with Crippen LogP contribution in [0.5, 0.6) is 0 Å². The predicted octanol–water partition coefficient (Wildman–Crippen LogP) is 0.180. The summed E-state index contributed by atoms with van der Waals surface area (Å²) >= 11 is 0. The summed E-state index contributed by atoms with van der Waals surface area (Å²) in [5, 5.41) is 0. The van der Waals surface area contributed by atoms with E-state index in [1.807, 2.05) is 9.80 Å². The van der Waals surface area contributed by atoms with Crippen LogP contribution in [0.15, 0.2) is 0 Å². The molecule has 0 saturated carbocycles. The lowest BCUT2D eigenvalue weighted by Crippen LogP contribution is -2.53. The lowest BCUT2D eigenvalue weighted by Gasteiger charge is -2.36. The zero-order valence-corrected chi connectivity index (χ0v) is 13.3. The van der Waals surface area contributed by atoms with Gasteiger partial charge in [-0.2, -0.15) is 0 Å². The number of amides is 2. The molecule has 0 radical (unpaired) electrons. The molecule has 0 aliphatic carbocycles. The van der Waals surface area contributed by atoms with Crippen molar-refractivity contribution in [3.8, 4) is 0 Å². The molecule has 3 heterocycles. The maximum absolute atomic E-state index is 12.3. The number of likely N-dealkylation sites (tertiary alicyclic amines) is 1. The molecule has 3 aliphatic heterocycles. The second kappa shape index (κ2) is 7.42. The molecule has 3 saturated heterocycles. The van der Waals surface area contributed by atoms with Crippen molar-refractivity contribution in [2.45, 2.75) is 25.7 Å². The normalized spacial score (nSPS) is 27.2. The molecular formula is C16H27N3O3. The van der Waals surface area contributed by atoms with Gasteiger partial charge in [0.2, 0.25) is 11.8 Å². The van der Waals surface area contributed by atoms with Crippen LogP contribution in [0.2, 0.25) is 0 Å². The summed E-state index contributed by atoms with van der Waals surface area (Å²) in [6.45, 7) is 6.71. The van der Waals surface area contributed by atoms with Crippen molar-refractivity contribution < 1.29 is 14.3 Å². The average Bonchev–Trinajstić information content (AvgIpc) is 3.10. The van der Waals surface area contributed by atoms with Gasteiger partial charge in [0.1, 0.15) is 0 Å². The van der Waals surface area contributed by atoms with Crippen molar-refractivity contribution in [1.82, 2.24) is 14.7 Å². The van der Waals surface area contributed by atoms with E-state index in [4.69, 9.17) is 4.74 Å². The Morgan fingerprint density at radius 2 is 1.64 bits per heavy atom. The third-order valence-electron chi connectivity index (χ3n) is 5.03. The van der Waals surface area contributed by atoms with Crippen molar-refractivity contribution in [3.63, 3.8) is 0 Å². The van der Waals surface area contributed by atoms with E-state index in [-0.39, 0.29) is 17.7 Å². The van der Waals surface area contributed by atoms with Crippen molar-refractivity contribution in [3.05, 3.63) is 0 Å². The first kappa shape index (κ1) is 15.7. The smallest absolute Gasteiger partial charge is 0.236 e. The minimum absolute atomic E-state index is 0.0570. The highest BCUT2D eigenvalue weighted by molar-refractivity contribution is 5.80. The van der Waals surface area contributed by atoms with Gasteiger partial charge in [-0.05, 0) is 25.7 Å². The number of ether oxygens (including phenoxy) is 1. The Bertz CT molecular complexity index is 395. The van der Waals surface area contributed by atoms with Gasteiger partial charge in [-0.15, -0.1) is 0 Å². The Balaban J connectivity index is 1.41. The van der Waals surface area contributed by atoms with Gasteiger partial charge in [0.05, 0.1) is 19.1 Å². The molecule has 0 spiro atoms. The van der Waals surface area contributed by atoms with E-state index in [1.165, 1.54) is 6.42 Å². The van der Waals surface area contributed by atoms with Crippen LogP contribution in [-0.4, -0.2) is 85.5 Å². The third-order valence-corrected chi connectivity index (χ3v) is 5.03.